The third-order valence-corrected chi connectivity index (χ3v) is 4.02. The first-order valence-corrected chi connectivity index (χ1v) is 10.1. The van der Waals surface area contributed by atoms with E-state index in [-0.39, 0.29) is 7.43 Å². The first-order chi connectivity index (χ1) is 11.7. The van der Waals surface area contributed by atoms with Gasteiger partial charge in [0.15, 0.2) is 0 Å². The SMILES string of the molecule is C.CC.CC.CC/C(=N\NC)N(CC)C(O)CCCC1CCCCN1. The number of rotatable bonds is 8. The molecule has 1 heterocycles. The fraction of sp³-hybridized carbons (Fsp3) is 0.950. The van der Waals surface area contributed by atoms with Gasteiger partial charge in [0.25, 0.3) is 0 Å². The van der Waals surface area contributed by atoms with Crippen LogP contribution in [-0.2, 0) is 0 Å². The first kappa shape index (κ1) is 29.0. The average Bonchev–Trinajstić information content (AvgIpc) is 2.65. The molecule has 0 bridgehead atoms. The lowest BCUT2D eigenvalue weighted by Crippen LogP contribution is -2.41. The maximum atomic E-state index is 10.4. The first-order valence-electron chi connectivity index (χ1n) is 10.1. The summed E-state index contributed by atoms with van der Waals surface area (Å²) in [6.45, 7) is 14.1. The molecule has 0 aromatic carbocycles. The van der Waals surface area contributed by atoms with Crippen LogP contribution in [-0.4, -0.2) is 48.2 Å². The summed E-state index contributed by atoms with van der Waals surface area (Å²) in [5.74, 6) is 0.929. The Labute approximate surface area is 158 Å². The quantitative estimate of drug-likeness (QED) is 0.257. The van der Waals surface area contributed by atoms with Gasteiger partial charge in [0, 0.05) is 26.1 Å². The summed E-state index contributed by atoms with van der Waals surface area (Å²) in [6.07, 6.45) is 7.39. The number of nitrogens with one attached hydrogen (secondary N) is 2. The van der Waals surface area contributed by atoms with Crippen LogP contribution in [0.4, 0.5) is 0 Å². The molecule has 0 aromatic heterocycles. The Morgan fingerprint density at radius 2 is 1.88 bits per heavy atom. The molecule has 25 heavy (non-hydrogen) atoms. The van der Waals surface area contributed by atoms with E-state index >= 15 is 0 Å². The van der Waals surface area contributed by atoms with Gasteiger partial charge in [0.1, 0.15) is 12.1 Å². The molecule has 1 rings (SSSR count). The van der Waals surface area contributed by atoms with Crippen LogP contribution in [0.15, 0.2) is 5.10 Å². The van der Waals surface area contributed by atoms with E-state index in [0.717, 1.165) is 38.2 Å². The van der Waals surface area contributed by atoms with Crippen LogP contribution < -0.4 is 10.7 Å². The zero-order valence-corrected chi connectivity index (χ0v) is 17.4. The van der Waals surface area contributed by atoms with E-state index in [9.17, 15) is 5.11 Å². The molecule has 1 aliphatic rings. The van der Waals surface area contributed by atoms with Crippen molar-refractivity contribution in [3.8, 4) is 0 Å². The second-order valence-corrected chi connectivity index (χ2v) is 5.45. The highest BCUT2D eigenvalue weighted by atomic mass is 16.3. The Morgan fingerprint density at radius 3 is 2.32 bits per heavy atom. The van der Waals surface area contributed by atoms with Crippen molar-refractivity contribution in [2.45, 2.75) is 106 Å². The molecule has 3 N–H and O–H groups in total. The van der Waals surface area contributed by atoms with E-state index in [0.29, 0.717) is 6.04 Å². The number of aliphatic hydroxyl groups is 1. The minimum Gasteiger partial charge on any atom is -0.374 e. The number of piperidine rings is 1. The summed E-state index contributed by atoms with van der Waals surface area (Å²) >= 11 is 0. The largest absolute Gasteiger partial charge is 0.374 e. The van der Waals surface area contributed by atoms with Crippen LogP contribution in [0.1, 0.15) is 93.9 Å². The molecule has 5 heteroatoms. The lowest BCUT2D eigenvalue weighted by atomic mass is 9.99. The van der Waals surface area contributed by atoms with E-state index in [4.69, 9.17) is 0 Å². The van der Waals surface area contributed by atoms with Gasteiger partial charge in [-0.1, -0.05) is 48.5 Å². The molecule has 0 aliphatic carbocycles. The van der Waals surface area contributed by atoms with E-state index in [1.54, 1.807) is 7.05 Å². The summed E-state index contributed by atoms with van der Waals surface area (Å²) in [4.78, 5) is 1.99. The van der Waals surface area contributed by atoms with Crippen LogP contribution in [0.25, 0.3) is 0 Å². The molecule has 5 nitrogen and oxygen atoms in total. The molecular formula is C20H48N4O. The highest BCUT2D eigenvalue weighted by Crippen LogP contribution is 2.15. The highest BCUT2D eigenvalue weighted by Gasteiger charge is 2.18. The normalized spacial score (nSPS) is 17.8. The maximum absolute atomic E-state index is 10.4. The number of nitrogens with zero attached hydrogens (tertiary/aromatic N) is 2. The van der Waals surface area contributed by atoms with Crippen molar-refractivity contribution < 1.29 is 5.11 Å². The predicted molar refractivity (Wildman–Crippen MR) is 114 cm³/mol. The summed E-state index contributed by atoms with van der Waals surface area (Å²) in [5, 5.41) is 18.2. The number of amidine groups is 1. The summed E-state index contributed by atoms with van der Waals surface area (Å²) in [7, 11) is 1.80. The fourth-order valence-electron chi connectivity index (χ4n) is 2.91. The monoisotopic (exact) mass is 360 g/mol. The molecule has 0 aromatic rings. The zero-order valence-electron chi connectivity index (χ0n) is 17.4. The Kier molecular flexibility index (Phi) is 24.6. The second kappa shape index (κ2) is 21.2. The molecule has 2 atom stereocenters. The summed E-state index contributed by atoms with van der Waals surface area (Å²) in [6, 6.07) is 0.655. The maximum Gasteiger partial charge on any atom is 0.127 e. The van der Waals surface area contributed by atoms with Crippen molar-refractivity contribution >= 4 is 5.84 Å². The zero-order chi connectivity index (χ0) is 18.8. The van der Waals surface area contributed by atoms with Gasteiger partial charge in [0.2, 0.25) is 0 Å². The smallest absolute Gasteiger partial charge is 0.127 e. The summed E-state index contributed by atoms with van der Waals surface area (Å²) in [5.41, 5.74) is 2.82. The molecule has 2 unspecified atom stereocenters. The molecule has 154 valence electrons. The van der Waals surface area contributed by atoms with E-state index in [2.05, 4.69) is 29.7 Å². The highest BCUT2D eigenvalue weighted by molar-refractivity contribution is 5.81. The molecule has 1 fully saturated rings. The van der Waals surface area contributed by atoms with Gasteiger partial charge in [-0.2, -0.15) is 5.10 Å². The van der Waals surface area contributed by atoms with Crippen molar-refractivity contribution in [1.82, 2.24) is 15.6 Å². The molecular weight excluding hydrogens is 312 g/mol. The Bertz CT molecular complexity index is 279. The molecule has 1 aliphatic heterocycles. The lowest BCUT2D eigenvalue weighted by molar-refractivity contribution is 0.0443. The van der Waals surface area contributed by atoms with E-state index in [1.807, 2.05) is 32.6 Å². The molecule has 0 amide bonds. The molecule has 0 radical (unpaired) electrons. The molecule has 0 saturated carbocycles. The van der Waals surface area contributed by atoms with Gasteiger partial charge < -0.3 is 20.7 Å². The standard InChI is InChI=1S/C15H32N4O.2C2H6.CH4/c1-4-14(18-16-3)19(5-2)15(20)11-8-10-13-9-6-7-12-17-13;2*1-2;/h13,15-17,20H,4-12H2,1-3H3;2*1-2H3;1H4/b18-14+;;;. The Hall–Kier alpha value is -0.810. The van der Waals surface area contributed by atoms with Crippen LogP contribution in [0.2, 0.25) is 0 Å². The van der Waals surface area contributed by atoms with Crippen LogP contribution in [0.3, 0.4) is 0 Å². The number of hydrogen-bond donors (Lipinski definition) is 3. The van der Waals surface area contributed by atoms with Crippen LogP contribution in [0, 0.1) is 0 Å². The molecule has 1 saturated heterocycles. The van der Waals surface area contributed by atoms with E-state index in [1.165, 1.54) is 25.7 Å². The average molecular weight is 361 g/mol. The van der Waals surface area contributed by atoms with Crippen LogP contribution >= 0.6 is 0 Å². The minimum absolute atomic E-state index is 0. The van der Waals surface area contributed by atoms with Gasteiger partial charge in [-0.25, -0.2) is 0 Å². The van der Waals surface area contributed by atoms with Gasteiger partial charge in [-0.05, 0) is 45.6 Å². The fourth-order valence-corrected chi connectivity index (χ4v) is 2.91. The second-order valence-electron chi connectivity index (χ2n) is 5.45. The third kappa shape index (κ3) is 13.1. The minimum atomic E-state index is -0.421. The van der Waals surface area contributed by atoms with Crippen LogP contribution in [0.5, 0.6) is 0 Å². The van der Waals surface area contributed by atoms with Gasteiger partial charge in [0.05, 0.1) is 0 Å². The topological polar surface area (TPSA) is 59.9 Å². The number of aliphatic hydroxyl groups excluding tert-OH is 1. The van der Waals surface area contributed by atoms with Gasteiger partial charge in [-0.15, -0.1) is 0 Å². The lowest BCUT2D eigenvalue weighted by Gasteiger charge is -2.30. The number of hydrazone groups is 1. The Morgan fingerprint density at radius 1 is 1.24 bits per heavy atom. The predicted octanol–water partition coefficient (Wildman–Crippen LogP) is 4.57. The Balaban J connectivity index is -0.000000899. The van der Waals surface area contributed by atoms with Crippen molar-refractivity contribution in [3.63, 3.8) is 0 Å². The van der Waals surface area contributed by atoms with Crippen molar-refractivity contribution in [2.24, 2.45) is 5.10 Å². The molecule has 0 spiro atoms. The third-order valence-electron chi connectivity index (χ3n) is 4.02. The van der Waals surface area contributed by atoms with Gasteiger partial charge >= 0.3 is 0 Å². The van der Waals surface area contributed by atoms with Crippen molar-refractivity contribution in [1.29, 1.82) is 0 Å². The van der Waals surface area contributed by atoms with E-state index < -0.39 is 6.23 Å². The van der Waals surface area contributed by atoms with Crippen molar-refractivity contribution in [3.05, 3.63) is 0 Å². The number of hydrogen-bond acceptors (Lipinski definition) is 4. The van der Waals surface area contributed by atoms with Gasteiger partial charge in [-0.3, -0.25) is 0 Å². The summed E-state index contributed by atoms with van der Waals surface area (Å²) < 4.78 is 0. The van der Waals surface area contributed by atoms with Crippen molar-refractivity contribution in [2.75, 3.05) is 20.1 Å².